The predicted octanol–water partition coefficient (Wildman–Crippen LogP) is 1.91. The van der Waals surface area contributed by atoms with Gasteiger partial charge in [0.2, 0.25) is 0 Å². The summed E-state index contributed by atoms with van der Waals surface area (Å²) in [4.78, 5) is 12.9. The van der Waals surface area contributed by atoms with E-state index in [1.165, 1.54) is 0 Å². The summed E-state index contributed by atoms with van der Waals surface area (Å²) in [7, 11) is -1.08. The number of hydrogen-bond acceptors (Lipinski definition) is 3. The van der Waals surface area contributed by atoms with Crippen molar-refractivity contribution in [1.82, 2.24) is 10.6 Å². The molecule has 0 aromatic heterocycles. The van der Waals surface area contributed by atoms with Gasteiger partial charge in [-0.15, -0.1) is 0 Å². The van der Waals surface area contributed by atoms with Crippen LogP contribution in [0.3, 0.4) is 0 Å². The topological polar surface area (TPSA) is 67.4 Å². The number of urea groups is 1. The second kappa shape index (κ2) is 6.61. The van der Waals surface area contributed by atoms with Gasteiger partial charge < -0.3 is 15.4 Å². The van der Waals surface area contributed by atoms with Gasteiger partial charge in [-0.1, -0.05) is 32.0 Å². The molecule has 0 bridgehead atoms. The summed E-state index contributed by atoms with van der Waals surface area (Å²) < 4.78 is 17.8. The number of carbonyl (C=O) groups excluding carboxylic acids is 1. The van der Waals surface area contributed by atoms with E-state index in [1.54, 1.807) is 0 Å². The van der Waals surface area contributed by atoms with Crippen LogP contribution in [0.25, 0.3) is 0 Å². The molecule has 3 rings (SSSR count). The van der Waals surface area contributed by atoms with E-state index in [9.17, 15) is 9.00 Å². The Bertz CT molecular complexity index is 591. The lowest BCUT2D eigenvalue weighted by Gasteiger charge is -2.54. The van der Waals surface area contributed by atoms with Crippen LogP contribution < -0.4 is 10.6 Å². The smallest absolute Gasteiger partial charge is 0.315 e. The van der Waals surface area contributed by atoms with E-state index in [0.29, 0.717) is 18.2 Å². The summed E-state index contributed by atoms with van der Waals surface area (Å²) in [6, 6.07) is 9.28. The van der Waals surface area contributed by atoms with Gasteiger partial charge in [-0.3, -0.25) is 4.21 Å². The number of nitrogens with one attached hydrogen (secondary N) is 2. The molecule has 0 unspecified atom stereocenters. The van der Waals surface area contributed by atoms with Gasteiger partial charge in [-0.25, -0.2) is 4.79 Å². The molecule has 6 heteroatoms. The van der Waals surface area contributed by atoms with Crippen LogP contribution in [0, 0.1) is 11.3 Å². The molecule has 2 aliphatic rings. The molecule has 1 saturated carbocycles. The van der Waals surface area contributed by atoms with Gasteiger partial charge in [0.05, 0.1) is 16.9 Å². The summed E-state index contributed by atoms with van der Waals surface area (Å²) in [5, 5.41) is 5.88. The Balaban J connectivity index is 1.43. The largest absolute Gasteiger partial charge is 0.377 e. The van der Waals surface area contributed by atoms with Crippen LogP contribution in [0.5, 0.6) is 0 Å². The molecule has 1 heterocycles. The van der Waals surface area contributed by atoms with Crippen molar-refractivity contribution in [1.29, 1.82) is 0 Å². The van der Waals surface area contributed by atoms with Crippen LogP contribution >= 0.6 is 0 Å². The number of fused-ring (bicyclic) bond motifs is 1. The van der Waals surface area contributed by atoms with Crippen molar-refractivity contribution in [3.63, 3.8) is 0 Å². The van der Waals surface area contributed by atoms with Crippen molar-refractivity contribution in [3.8, 4) is 0 Å². The zero-order chi connectivity index (χ0) is 16.4. The van der Waals surface area contributed by atoms with Crippen molar-refractivity contribution >= 4 is 16.8 Å². The molecule has 2 N–H and O–H groups in total. The molecular formula is C17H24N2O3S. The van der Waals surface area contributed by atoms with Gasteiger partial charge >= 0.3 is 6.03 Å². The van der Waals surface area contributed by atoms with Crippen molar-refractivity contribution in [2.24, 2.45) is 11.3 Å². The van der Waals surface area contributed by atoms with E-state index < -0.39 is 10.8 Å². The zero-order valence-electron chi connectivity index (χ0n) is 13.6. The van der Waals surface area contributed by atoms with Gasteiger partial charge in [0.1, 0.15) is 0 Å². The first-order valence-electron chi connectivity index (χ1n) is 8.09. The normalized spacial score (nSPS) is 29.2. The Morgan fingerprint density at radius 1 is 1.35 bits per heavy atom. The molecule has 1 aromatic rings. The molecular weight excluding hydrogens is 312 g/mol. The van der Waals surface area contributed by atoms with E-state index in [2.05, 4.69) is 24.5 Å². The van der Waals surface area contributed by atoms with Gasteiger partial charge in [0.25, 0.3) is 0 Å². The summed E-state index contributed by atoms with van der Waals surface area (Å²) >= 11 is 0. The second-order valence-electron chi connectivity index (χ2n) is 6.81. The number of rotatable bonds is 5. The molecule has 0 radical (unpaired) electrons. The Morgan fingerprint density at radius 2 is 2.09 bits per heavy atom. The number of benzene rings is 1. The monoisotopic (exact) mass is 336 g/mol. The molecule has 1 saturated heterocycles. The Morgan fingerprint density at radius 3 is 2.83 bits per heavy atom. The maximum Gasteiger partial charge on any atom is 0.315 e. The van der Waals surface area contributed by atoms with Gasteiger partial charge in [0.15, 0.2) is 0 Å². The van der Waals surface area contributed by atoms with Gasteiger partial charge in [-0.05, 0) is 18.6 Å². The quantitative estimate of drug-likeness (QED) is 0.863. The second-order valence-corrected chi connectivity index (χ2v) is 8.38. The van der Waals surface area contributed by atoms with E-state index >= 15 is 0 Å². The van der Waals surface area contributed by atoms with E-state index in [-0.39, 0.29) is 23.6 Å². The lowest BCUT2D eigenvalue weighted by molar-refractivity contribution is -0.108. The highest BCUT2D eigenvalue weighted by Gasteiger charge is 2.59. The van der Waals surface area contributed by atoms with E-state index in [0.717, 1.165) is 17.9 Å². The van der Waals surface area contributed by atoms with Crippen molar-refractivity contribution in [2.75, 3.05) is 18.9 Å². The molecule has 4 atom stereocenters. The number of ether oxygens (including phenoxy) is 1. The first-order chi connectivity index (χ1) is 11.0. The lowest BCUT2D eigenvalue weighted by Crippen LogP contribution is -2.67. The maximum atomic E-state index is 12.1. The van der Waals surface area contributed by atoms with Gasteiger partial charge in [0, 0.05) is 41.2 Å². The van der Waals surface area contributed by atoms with Crippen LogP contribution in [-0.2, 0) is 15.5 Å². The summed E-state index contributed by atoms with van der Waals surface area (Å²) in [6.07, 6.45) is 1.27. The highest BCUT2D eigenvalue weighted by Crippen LogP contribution is 2.51. The Kier molecular flexibility index (Phi) is 4.73. The van der Waals surface area contributed by atoms with E-state index in [1.807, 2.05) is 30.3 Å². The summed E-state index contributed by atoms with van der Waals surface area (Å²) in [5.41, 5.74) is -0.0225. The third-order valence-corrected chi connectivity index (χ3v) is 6.34. The molecule has 1 aromatic carbocycles. The fraction of sp³-hybridized carbons (Fsp3) is 0.588. The summed E-state index contributed by atoms with van der Waals surface area (Å²) in [5.74, 6) is 0.843. The molecule has 1 aliphatic heterocycles. The number of carbonyl (C=O) groups is 1. The molecule has 5 nitrogen and oxygen atoms in total. The third kappa shape index (κ3) is 3.28. The fourth-order valence-electron chi connectivity index (χ4n) is 3.76. The molecule has 23 heavy (non-hydrogen) atoms. The molecule has 0 spiro atoms. The Labute approximate surface area is 139 Å². The Hall–Kier alpha value is -1.40. The number of hydrogen-bond donors (Lipinski definition) is 2. The zero-order valence-corrected chi connectivity index (χ0v) is 14.4. The first kappa shape index (κ1) is 16.5. The fourth-order valence-corrected chi connectivity index (χ4v) is 4.74. The van der Waals surface area contributed by atoms with Crippen molar-refractivity contribution < 1.29 is 13.7 Å². The summed E-state index contributed by atoms with van der Waals surface area (Å²) in [6.45, 7) is 5.45. The SMILES string of the molecule is CC1(C)[C@H](NC(=O)NCC[S@@](=O)c2ccccc2)[C@H]2CCO[C@@H]21. The molecule has 1 aliphatic carbocycles. The highest BCUT2D eigenvalue weighted by molar-refractivity contribution is 7.85. The van der Waals surface area contributed by atoms with Crippen LogP contribution in [-0.4, -0.2) is 41.3 Å². The molecule has 2 fully saturated rings. The average Bonchev–Trinajstić information content (AvgIpc) is 3.00. The van der Waals surface area contributed by atoms with Crippen LogP contribution in [0.1, 0.15) is 20.3 Å². The van der Waals surface area contributed by atoms with Crippen LogP contribution in [0.2, 0.25) is 0 Å². The van der Waals surface area contributed by atoms with Crippen LogP contribution in [0.15, 0.2) is 35.2 Å². The maximum absolute atomic E-state index is 12.1. The van der Waals surface area contributed by atoms with E-state index in [4.69, 9.17) is 4.74 Å². The minimum Gasteiger partial charge on any atom is -0.377 e. The first-order valence-corrected chi connectivity index (χ1v) is 9.41. The highest BCUT2D eigenvalue weighted by atomic mass is 32.2. The van der Waals surface area contributed by atoms with Crippen LogP contribution in [0.4, 0.5) is 4.79 Å². The minimum atomic E-state index is -1.08. The van der Waals surface area contributed by atoms with Gasteiger partial charge in [-0.2, -0.15) is 0 Å². The third-order valence-electron chi connectivity index (χ3n) is 4.97. The molecule has 126 valence electrons. The van der Waals surface area contributed by atoms with Crippen molar-refractivity contribution in [3.05, 3.63) is 30.3 Å². The standard InChI is InChI=1S/C17H24N2O3S/c1-17(2)14(13-8-10-22-15(13)17)19-16(20)18-9-11-23(21)12-6-4-3-5-7-12/h3-7,13-15H,8-11H2,1-2H3,(H2,18,19,20)/t13-,14-,15+,23-/m1/s1. The minimum absolute atomic E-state index is 0.0225. The average molecular weight is 336 g/mol. The molecule has 2 amide bonds. The predicted molar refractivity (Wildman–Crippen MR) is 89.7 cm³/mol. The lowest BCUT2D eigenvalue weighted by atomic mass is 9.57. The number of amides is 2. The van der Waals surface area contributed by atoms with Crippen molar-refractivity contribution in [2.45, 2.75) is 37.3 Å².